The van der Waals surface area contributed by atoms with Gasteiger partial charge in [-0.1, -0.05) is 0 Å². The van der Waals surface area contributed by atoms with Crippen LogP contribution in [-0.2, 0) is 0 Å². The molecule has 0 rings (SSSR count). The first-order valence-electron chi connectivity index (χ1n) is 3.40. The first kappa shape index (κ1) is 29.5. The Morgan fingerprint density at radius 3 is 0.429 bits per heavy atom. The largest absolute Gasteiger partial charge is 0.394 e. The molecule has 0 saturated heterocycles. The third-order valence-corrected chi connectivity index (χ3v) is 0.300. The van der Waals surface area contributed by atoms with Crippen LogP contribution >= 0.6 is 0 Å². The molecule has 14 heavy (non-hydrogen) atoms. The standard InChI is InChI=1S/3C2H6O2.2Sb/c3*3-1-2-4;;/h3*3-4H,1-2H2;;. The van der Waals surface area contributed by atoms with Crippen molar-refractivity contribution in [3.05, 3.63) is 0 Å². The van der Waals surface area contributed by atoms with E-state index in [0.717, 1.165) is 0 Å². The van der Waals surface area contributed by atoms with Crippen LogP contribution in [0.4, 0.5) is 0 Å². The van der Waals surface area contributed by atoms with Gasteiger partial charge < -0.3 is 30.6 Å². The van der Waals surface area contributed by atoms with Crippen molar-refractivity contribution in [2.24, 2.45) is 0 Å². The third kappa shape index (κ3) is 107. The molecule has 0 amide bonds. The molecular formula is C6H18O6Sb2. The van der Waals surface area contributed by atoms with Gasteiger partial charge in [-0.15, -0.1) is 0 Å². The monoisotopic (exact) mass is 428 g/mol. The van der Waals surface area contributed by atoms with Crippen LogP contribution in [0.2, 0.25) is 0 Å². The van der Waals surface area contributed by atoms with Gasteiger partial charge in [0.15, 0.2) is 0 Å². The smallest absolute Gasteiger partial charge is 0.0662 e. The third-order valence-electron chi connectivity index (χ3n) is 0.300. The number of aliphatic hydroxyl groups excluding tert-OH is 6. The molecule has 0 aliphatic heterocycles. The Labute approximate surface area is 118 Å². The van der Waals surface area contributed by atoms with Crippen LogP contribution in [0.15, 0.2) is 0 Å². The van der Waals surface area contributed by atoms with Gasteiger partial charge in [0, 0.05) is 48.9 Å². The summed E-state index contributed by atoms with van der Waals surface area (Å²) in [5, 5.41) is 45.8. The molecule has 0 unspecified atom stereocenters. The molecule has 0 aliphatic rings. The average Bonchev–Trinajstić information content (AvgIpc) is 2.18. The molecule has 0 aromatic carbocycles. The second-order valence-corrected chi connectivity index (χ2v) is 1.34. The molecule has 88 valence electrons. The number of hydrogen-bond donors (Lipinski definition) is 6. The fourth-order valence-corrected chi connectivity index (χ4v) is 0. The van der Waals surface area contributed by atoms with Crippen molar-refractivity contribution in [2.45, 2.75) is 0 Å². The van der Waals surface area contributed by atoms with Crippen molar-refractivity contribution in [3.8, 4) is 0 Å². The van der Waals surface area contributed by atoms with E-state index in [-0.39, 0.29) is 88.5 Å². The minimum absolute atomic E-state index is 0. The molecule has 0 aromatic rings. The summed E-state index contributed by atoms with van der Waals surface area (Å²) in [6.45, 7) is -0.750. The number of aliphatic hydroxyl groups is 6. The van der Waals surface area contributed by atoms with E-state index in [1.165, 1.54) is 0 Å². The van der Waals surface area contributed by atoms with Crippen LogP contribution < -0.4 is 0 Å². The summed E-state index contributed by atoms with van der Waals surface area (Å²) in [5.41, 5.74) is 0. The Morgan fingerprint density at radius 1 is 0.357 bits per heavy atom. The predicted octanol–water partition coefficient (Wildman–Crippen LogP) is -3.85. The molecular weight excluding hydrogens is 412 g/mol. The second-order valence-electron chi connectivity index (χ2n) is 1.34. The van der Waals surface area contributed by atoms with E-state index < -0.39 is 0 Å². The summed E-state index contributed by atoms with van der Waals surface area (Å²) in [5.74, 6) is 0. The Morgan fingerprint density at radius 2 is 0.429 bits per heavy atom. The van der Waals surface area contributed by atoms with Gasteiger partial charge in [-0.05, 0) is 0 Å². The molecule has 6 radical (unpaired) electrons. The Kier molecular flexibility index (Phi) is 99.6. The molecule has 0 spiro atoms. The minimum Gasteiger partial charge on any atom is -0.394 e. The molecule has 0 fully saturated rings. The van der Waals surface area contributed by atoms with Gasteiger partial charge in [0.25, 0.3) is 0 Å². The van der Waals surface area contributed by atoms with Crippen molar-refractivity contribution in [1.82, 2.24) is 0 Å². The summed E-state index contributed by atoms with van der Waals surface area (Å²) in [6.07, 6.45) is 0. The second kappa shape index (κ2) is 47.2. The topological polar surface area (TPSA) is 121 Å². The van der Waals surface area contributed by atoms with E-state index in [0.29, 0.717) is 0 Å². The maximum atomic E-state index is 7.62. The fourth-order valence-electron chi connectivity index (χ4n) is 0. The Hall–Kier alpha value is 1.40. The van der Waals surface area contributed by atoms with Crippen LogP contribution in [0.1, 0.15) is 0 Å². The zero-order valence-corrected chi connectivity index (χ0v) is 12.9. The molecule has 0 aliphatic carbocycles. The van der Waals surface area contributed by atoms with Gasteiger partial charge in [-0.2, -0.15) is 0 Å². The van der Waals surface area contributed by atoms with Gasteiger partial charge in [-0.3, -0.25) is 0 Å². The summed E-state index contributed by atoms with van der Waals surface area (Å²) < 4.78 is 0. The van der Waals surface area contributed by atoms with Gasteiger partial charge in [0.1, 0.15) is 0 Å². The van der Waals surface area contributed by atoms with Crippen molar-refractivity contribution in [2.75, 3.05) is 39.6 Å². The van der Waals surface area contributed by atoms with Crippen molar-refractivity contribution < 1.29 is 30.6 Å². The molecule has 0 bridgehead atoms. The molecule has 0 aromatic heterocycles. The van der Waals surface area contributed by atoms with E-state index in [1.54, 1.807) is 0 Å². The summed E-state index contributed by atoms with van der Waals surface area (Å²) in [6, 6.07) is 0. The summed E-state index contributed by atoms with van der Waals surface area (Å²) in [4.78, 5) is 0. The van der Waals surface area contributed by atoms with Crippen molar-refractivity contribution >= 4 is 48.9 Å². The molecule has 0 saturated carbocycles. The van der Waals surface area contributed by atoms with Crippen LogP contribution in [-0.4, -0.2) is 119 Å². The number of hydrogen-bond acceptors (Lipinski definition) is 6. The van der Waals surface area contributed by atoms with E-state index in [4.69, 9.17) is 30.6 Å². The van der Waals surface area contributed by atoms with E-state index in [9.17, 15) is 0 Å². The maximum Gasteiger partial charge on any atom is 0.0662 e. The quantitative estimate of drug-likeness (QED) is 0.256. The minimum atomic E-state index is -0.125. The fraction of sp³-hybridized carbons (Fsp3) is 1.00. The van der Waals surface area contributed by atoms with E-state index in [2.05, 4.69) is 0 Å². The molecule has 6 N–H and O–H groups in total. The van der Waals surface area contributed by atoms with E-state index >= 15 is 0 Å². The first-order valence-corrected chi connectivity index (χ1v) is 3.40. The zero-order valence-electron chi connectivity index (χ0n) is 7.82. The molecule has 6 nitrogen and oxygen atoms in total. The Bertz CT molecular complexity index is 35.8. The van der Waals surface area contributed by atoms with E-state index in [1.807, 2.05) is 0 Å². The molecule has 8 heteroatoms. The number of rotatable bonds is 3. The molecule has 0 heterocycles. The van der Waals surface area contributed by atoms with Crippen molar-refractivity contribution in [3.63, 3.8) is 0 Å². The first-order chi connectivity index (χ1) is 5.74. The van der Waals surface area contributed by atoms with Crippen LogP contribution in [0.3, 0.4) is 0 Å². The average molecular weight is 430 g/mol. The molecule has 0 atom stereocenters. The van der Waals surface area contributed by atoms with Crippen molar-refractivity contribution in [1.29, 1.82) is 0 Å². The normalized spacial score (nSPS) is 6.43. The SMILES string of the molecule is OCCO.OCCO.OCCO.[Sb].[Sb]. The summed E-state index contributed by atoms with van der Waals surface area (Å²) >= 11 is 0. The Balaban J connectivity index is -0.0000000270. The van der Waals surface area contributed by atoms with Gasteiger partial charge in [0.2, 0.25) is 0 Å². The summed E-state index contributed by atoms with van der Waals surface area (Å²) in [7, 11) is 0. The zero-order chi connectivity index (χ0) is 10.2. The van der Waals surface area contributed by atoms with Gasteiger partial charge in [0.05, 0.1) is 39.6 Å². The predicted molar refractivity (Wildman–Crippen MR) is 54.0 cm³/mol. The maximum absolute atomic E-state index is 7.62. The van der Waals surface area contributed by atoms with Gasteiger partial charge in [-0.25, -0.2) is 0 Å². The van der Waals surface area contributed by atoms with Crippen LogP contribution in [0.25, 0.3) is 0 Å². The van der Waals surface area contributed by atoms with Crippen LogP contribution in [0, 0.1) is 0 Å². The van der Waals surface area contributed by atoms with Gasteiger partial charge >= 0.3 is 0 Å². The van der Waals surface area contributed by atoms with Crippen LogP contribution in [0.5, 0.6) is 0 Å².